The summed E-state index contributed by atoms with van der Waals surface area (Å²) in [5.74, 6) is 0.962. The molecule has 1 aliphatic rings. The number of rotatable bonds is 3. The van der Waals surface area contributed by atoms with Crippen molar-refractivity contribution < 1.29 is 14.0 Å². The summed E-state index contributed by atoms with van der Waals surface area (Å²) in [5, 5.41) is 4.19. The molecule has 5 heteroatoms. The van der Waals surface area contributed by atoms with E-state index in [1.165, 1.54) is 0 Å². The van der Waals surface area contributed by atoms with E-state index in [1.807, 2.05) is 63.8 Å². The summed E-state index contributed by atoms with van der Waals surface area (Å²) in [7, 11) is 0. The number of nitrogens with one attached hydrogen (secondary N) is 1. The number of carbonyl (C=O) groups excluding carboxylic acids is 2. The smallest absolute Gasteiger partial charge is 0.227 e. The Balaban J connectivity index is 1.61. The van der Waals surface area contributed by atoms with Crippen LogP contribution >= 0.6 is 0 Å². The molecule has 2 amide bonds. The molecule has 1 N–H and O–H groups in total. The lowest BCUT2D eigenvalue weighted by molar-refractivity contribution is -0.142. The van der Waals surface area contributed by atoms with Gasteiger partial charge in [-0.3, -0.25) is 9.59 Å². The van der Waals surface area contributed by atoms with Gasteiger partial charge in [-0.1, -0.05) is 39.0 Å². The fraction of sp³-hybridized carbons (Fsp3) is 0.545. The molecule has 1 aliphatic heterocycles. The Morgan fingerprint density at radius 1 is 1.19 bits per heavy atom. The van der Waals surface area contributed by atoms with Gasteiger partial charge in [0.2, 0.25) is 11.8 Å². The minimum absolute atomic E-state index is 0.0465. The average molecular weight is 370 g/mol. The number of para-hydroxylation sites is 1. The lowest BCUT2D eigenvalue weighted by Gasteiger charge is -2.35. The van der Waals surface area contributed by atoms with Crippen LogP contribution in [-0.4, -0.2) is 29.8 Å². The Bertz CT molecular complexity index is 839. The Labute approximate surface area is 161 Å². The van der Waals surface area contributed by atoms with Crippen LogP contribution in [0.2, 0.25) is 0 Å². The van der Waals surface area contributed by atoms with Crippen LogP contribution in [0.25, 0.3) is 11.0 Å². The van der Waals surface area contributed by atoms with Gasteiger partial charge < -0.3 is 14.6 Å². The first-order valence-corrected chi connectivity index (χ1v) is 9.76. The van der Waals surface area contributed by atoms with Gasteiger partial charge in [-0.05, 0) is 32.8 Å². The second kappa shape index (κ2) is 7.37. The zero-order valence-electron chi connectivity index (χ0n) is 17.0. The Morgan fingerprint density at radius 2 is 1.81 bits per heavy atom. The average Bonchev–Trinajstić information content (AvgIpc) is 2.97. The third kappa shape index (κ3) is 4.02. The molecule has 27 heavy (non-hydrogen) atoms. The number of fused-ring (bicyclic) bond motifs is 1. The molecule has 0 radical (unpaired) electrons. The molecule has 1 atom stereocenters. The summed E-state index contributed by atoms with van der Waals surface area (Å²) in [4.78, 5) is 27.0. The summed E-state index contributed by atoms with van der Waals surface area (Å²) in [6, 6.07) is 7.74. The van der Waals surface area contributed by atoms with Crippen LogP contribution in [0.1, 0.15) is 57.9 Å². The zero-order valence-corrected chi connectivity index (χ0v) is 17.0. The molecule has 0 bridgehead atoms. The number of benzene rings is 1. The summed E-state index contributed by atoms with van der Waals surface area (Å²) in [6.07, 6.45) is 1.42. The molecule has 0 aliphatic carbocycles. The highest BCUT2D eigenvalue weighted by molar-refractivity contribution is 5.84. The first-order valence-electron chi connectivity index (χ1n) is 9.76. The molecule has 5 nitrogen and oxygen atoms in total. The topological polar surface area (TPSA) is 62.6 Å². The third-order valence-corrected chi connectivity index (χ3v) is 5.43. The SMILES string of the molecule is Cc1c(C(C)NC(=O)C2CCN(C(=O)C(C)(C)C)CC2)oc2ccccc12. The van der Waals surface area contributed by atoms with E-state index < -0.39 is 0 Å². The minimum atomic E-state index is -0.373. The largest absolute Gasteiger partial charge is 0.459 e. The third-order valence-electron chi connectivity index (χ3n) is 5.43. The molecule has 0 spiro atoms. The van der Waals surface area contributed by atoms with Crippen LogP contribution in [-0.2, 0) is 9.59 Å². The van der Waals surface area contributed by atoms with Crippen molar-refractivity contribution in [2.24, 2.45) is 11.3 Å². The maximum absolute atomic E-state index is 12.7. The molecule has 1 fully saturated rings. The number of amides is 2. The lowest BCUT2D eigenvalue weighted by atomic mass is 9.90. The Kier molecular flexibility index (Phi) is 5.31. The van der Waals surface area contributed by atoms with E-state index in [2.05, 4.69) is 5.32 Å². The quantitative estimate of drug-likeness (QED) is 0.881. The van der Waals surface area contributed by atoms with Gasteiger partial charge in [0.05, 0.1) is 6.04 Å². The number of likely N-dealkylation sites (tertiary alicyclic amines) is 1. The summed E-state index contributed by atoms with van der Waals surface area (Å²) in [6.45, 7) is 11.1. The van der Waals surface area contributed by atoms with E-state index in [0.29, 0.717) is 25.9 Å². The van der Waals surface area contributed by atoms with Crippen molar-refractivity contribution in [3.05, 3.63) is 35.6 Å². The van der Waals surface area contributed by atoms with Crippen molar-refractivity contribution >= 4 is 22.8 Å². The van der Waals surface area contributed by atoms with Crippen molar-refractivity contribution in [2.45, 2.75) is 53.5 Å². The van der Waals surface area contributed by atoms with E-state index in [0.717, 1.165) is 22.3 Å². The molecular weight excluding hydrogens is 340 g/mol. The van der Waals surface area contributed by atoms with Gasteiger partial charge in [-0.15, -0.1) is 0 Å². The number of aryl methyl sites for hydroxylation is 1. The first-order chi connectivity index (χ1) is 12.7. The van der Waals surface area contributed by atoms with Gasteiger partial charge in [0.1, 0.15) is 11.3 Å². The molecule has 0 saturated carbocycles. The van der Waals surface area contributed by atoms with Gasteiger partial charge in [0.25, 0.3) is 0 Å². The molecule has 2 aromatic rings. The van der Waals surface area contributed by atoms with Crippen LogP contribution in [0.3, 0.4) is 0 Å². The van der Waals surface area contributed by atoms with Crippen molar-refractivity contribution in [1.82, 2.24) is 10.2 Å². The fourth-order valence-electron chi connectivity index (χ4n) is 3.82. The highest BCUT2D eigenvalue weighted by Crippen LogP contribution is 2.30. The second-order valence-corrected chi connectivity index (χ2v) is 8.63. The summed E-state index contributed by atoms with van der Waals surface area (Å²) < 4.78 is 5.97. The standard InChI is InChI=1S/C22H30N2O3/c1-14-17-8-6-7-9-18(17)27-19(14)15(2)23-20(25)16-10-12-24(13-11-16)21(26)22(3,4)5/h6-9,15-16H,10-13H2,1-5H3,(H,23,25). The van der Waals surface area contributed by atoms with E-state index in [1.54, 1.807) is 0 Å². The van der Waals surface area contributed by atoms with Crippen LogP contribution in [0.15, 0.2) is 28.7 Å². The summed E-state index contributed by atoms with van der Waals surface area (Å²) >= 11 is 0. The van der Waals surface area contributed by atoms with Crippen LogP contribution in [0, 0.1) is 18.3 Å². The lowest BCUT2D eigenvalue weighted by Crippen LogP contribution is -2.46. The number of nitrogens with zero attached hydrogens (tertiary/aromatic N) is 1. The van der Waals surface area contributed by atoms with Crippen LogP contribution in [0.5, 0.6) is 0 Å². The number of furan rings is 1. The highest BCUT2D eigenvalue weighted by atomic mass is 16.3. The Morgan fingerprint density at radius 3 is 2.41 bits per heavy atom. The monoisotopic (exact) mass is 370 g/mol. The number of piperidine rings is 1. The molecule has 1 unspecified atom stereocenters. The predicted octanol–water partition coefficient (Wildman–Crippen LogP) is 4.20. The molecule has 3 rings (SSSR count). The molecule has 2 heterocycles. The fourth-order valence-corrected chi connectivity index (χ4v) is 3.82. The predicted molar refractivity (Wildman–Crippen MR) is 106 cm³/mol. The Hall–Kier alpha value is -2.30. The van der Waals surface area contributed by atoms with Gasteiger partial charge in [-0.25, -0.2) is 0 Å². The number of hydrogen-bond donors (Lipinski definition) is 1. The normalized spacial score (nSPS) is 17.1. The molecule has 1 aromatic carbocycles. The van der Waals surface area contributed by atoms with Crippen LogP contribution in [0.4, 0.5) is 0 Å². The van der Waals surface area contributed by atoms with E-state index in [4.69, 9.17) is 4.42 Å². The first kappa shape index (κ1) is 19.5. The van der Waals surface area contributed by atoms with E-state index in [9.17, 15) is 9.59 Å². The molecular formula is C22H30N2O3. The van der Waals surface area contributed by atoms with Crippen LogP contribution < -0.4 is 5.32 Å². The number of hydrogen-bond acceptors (Lipinski definition) is 3. The van der Waals surface area contributed by atoms with E-state index >= 15 is 0 Å². The van der Waals surface area contributed by atoms with Crippen molar-refractivity contribution in [1.29, 1.82) is 0 Å². The summed E-state index contributed by atoms with van der Waals surface area (Å²) in [5.41, 5.74) is 1.55. The van der Waals surface area contributed by atoms with Crippen molar-refractivity contribution in [2.75, 3.05) is 13.1 Å². The van der Waals surface area contributed by atoms with Gasteiger partial charge in [0.15, 0.2) is 0 Å². The maximum atomic E-state index is 12.7. The maximum Gasteiger partial charge on any atom is 0.227 e. The van der Waals surface area contributed by atoms with Crippen molar-refractivity contribution in [3.63, 3.8) is 0 Å². The number of carbonyl (C=O) groups is 2. The highest BCUT2D eigenvalue weighted by Gasteiger charge is 2.33. The minimum Gasteiger partial charge on any atom is -0.459 e. The second-order valence-electron chi connectivity index (χ2n) is 8.63. The van der Waals surface area contributed by atoms with Gasteiger partial charge in [-0.2, -0.15) is 0 Å². The van der Waals surface area contributed by atoms with Gasteiger partial charge in [0, 0.05) is 35.4 Å². The van der Waals surface area contributed by atoms with Gasteiger partial charge >= 0.3 is 0 Å². The molecule has 1 aromatic heterocycles. The molecule has 1 saturated heterocycles. The zero-order chi connectivity index (χ0) is 19.8. The molecule has 146 valence electrons. The van der Waals surface area contributed by atoms with Crippen molar-refractivity contribution in [3.8, 4) is 0 Å². The van der Waals surface area contributed by atoms with E-state index in [-0.39, 0.29) is 29.2 Å².